The highest BCUT2D eigenvalue weighted by Crippen LogP contribution is 2.36. The van der Waals surface area contributed by atoms with Crippen molar-refractivity contribution in [3.63, 3.8) is 0 Å². The van der Waals surface area contributed by atoms with Crippen LogP contribution < -0.4 is 14.4 Å². The number of fused-ring (bicyclic) bond motifs is 1. The average Bonchev–Trinajstić information content (AvgIpc) is 2.99. The van der Waals surface area contributed by atoms with E-state index >= 15 is 0 Å². The molecule has 1 fully saturated rings. The van der Waals surface area contributed by atoms with Gasteiger partial charge in [0.2, 0.25) is 11.9 Å². The zero-order valence-corrected chi connectivity index (χ0v) is 15.5. The van der Waals surface area contributed by atoms with Gasteiger partial charge < -0.3 is 19.3 Å². The summed E-state index contributed by atoms with van der Waals surface area (Å²) in [6.07, 6.45) is 5.10. The summed E-state index contributed by atoms with van der Waals surface area (Å²) >= 11 is 0. The molecule has 3 heterocycles. The molecule has 4 rings (SSSR count). The van der Waals surface area contributed by atoms with Gasteiger partial charge in [-0.2, -0.15) is 0 Å². The summed E-state index contributed by atoms with van der Waals surface area (Å²) in [6, 6.07) is 7.65. The number of hydrogen-bond donors (Lipinski definition) is 0. The van der Waals surface area contributed by atoms with Gasteiger partial charge in [-0.15, -0.1) is 0 Å². The van der Waals surface area contributed by atoms with Crippen molar-refractivity contribution in [3.05, 3.63) is 42.2 Å². The fourth-order valence-electron chi connectivity index (χ4n) is 3.76. The molecular weight excluding hydrogens is 344 g/mol. The topological polar surface area (TPSA) is 67.8 Å². The molecule has 2 aliphatic rings. The predicted molar refractivity (Wildman–Crippen MR) is 101 cm³/mol. The molecule has 1 aromatic carbocycles. The highest BCUT2D eigenvalue weighted by molar-refractivity contribution is 5.80. The van der Waals surface area contributed by atoms with E-state index in [1.807, 2.05) is 29.2 Å². The third-order valence-electron chi connectivity index (χ3n) is 5.17. The first-order valence-electron chi connectivity index (χ1n) is 9.35. The van der Waals surface area contributed by atoms with E-state index < -0.39 is 0 Å². The summed E-state index contributed by atoms with van der Waals surface area (Å²) < 4.78 is 11.2. The zero-order chi connectivity index (χ0) is 18.6. The van der Waals surface area contributed by atoms with Crippen LogP contribution in [0.1, 0.15) is 12.0 Å². The van der Waals surface area contributed by atoms with E-state index in [1.165, 1.54) is 0 Å². The Morgan fingerprint density at radius 2 is 2.00 bits per heavy atom. The van der Waals surface area contributed by atoms with Gasteiger partial charge >= 0.3 is 0 Å². The molecule has 0 aliphatic carbocycles. The van der Waals surface area contributed by atoms with E-state index in [4.69, 9.17) is 9.47 Å². The molecule has 0 saturated carbocycles. The van der Waals surface area contributed by atoms with Crippen molar-refractivity contribution < 1.29 is 14.3 Å². The maximum atomic E-state index is 13.1. The van der Waals surface area contributed by atoms with E-state index in [1.54, 1.807) is 19.5 Å². The molecule has 1 atom stereocenters. The zero-order valence-electron chi connectivity index (χ0n) is 15.5. The van der Waals surface area contributed by atoms with Crippen molar-refractivity contribution in [2.24, 2.45) is 5.92 Å². The lowest BCUT2D eigenvalue weighted by Crippen LogP contribution is -2.42. The van der Waals surface area contributed by atoms with Crippen LogP contribution in [0.25, 0.3) is 0 Å². The number of nitrogens with zero attached hydrogens (tertiary/aromatic N) is 4. The number of ether oxygens (including phenoxy) is 2. The first-order valence-corrected chi connectivity index (χ1v) is 9.35. The van der Waals surface area contributed by atoms with Crippen LogP contribution in [0.2, 0.25) is 0 Å². The Kier molecular flexibility index (Phi) is 5.09. The summed E-state index contributed by atoms with van der Waals surface area (Å²) in [5.74, 6) is 2.25. The lowest BCUT2D eigenvalue weighted by molar-refractivity contribution is -0.136. The van der Waals surface area contributed by atoms with Gasteiger partial charge in [0.1, 0.15) is 6.61 Å². The van der Waals surface area contributed by atoms with E-state index in [9.17, 15) is 4.79 Å². The minimum atomic E-state index is -0.149. The van der Waals surface area contributed by atoms with Gasteiger partial charge in [0.05, 0.1) is 13.0 Å². The van der Waals surface area contributed by atoms with Crippen LogP contribution in [0.15, 0.2) is 36.7 Å². The Morgan fingerprint density at radius 3 is 2.81 bits per heavy atom. The van der Waals surface area contributed by atoms with Crippen LogP contribution >= 0.6 is 0 Å². The fraction of sp³-hybridized carbons (Fsp3) is 0.450. The molecular formula is C20H24N4O3. The van der Waals surface area contributed by atoms with Crippen LogP contribution in [0.5, 0.6) is 11.5 Å². The second-order valence-electron chi connectivity index (χ2n) is 6.88. The molecule has 2 aliphatic heterocycles. The largest absolute Gasteiger partial charge is 0.493 e. The van der Waals surface area contributed by atoms with Crippen LogP contribution in [-0.4, -0.2) is 60.7 Å². The SMILES string of the molecule is COc1cccc2c1OC[C@H](C(=O)N1CCCN(c3ncccn3)CC1)C2. The molecule has 142 valence electrons. The van der Waals surface area contributed by atoms with Crippen LogP contribution in [-0.2, 0) is 11.2 Å². The van der Waals surface area contributed by atoms with Crippen molar-refractivity contribution in [1.29, 1.82) is 0 Å². The van der Waals surface area contributed by atoms with Gasteiger partial charge in [-0.3, -0.25) is 4.79 Å². The summed E-state index contributed by atoms with van der Waals surface area (Å²) in [5, 5.41) is 0. The normalized spacial score (nSPS) is 19.7. The van der Waals surface area contributed by atoms with Gasteiger partial charge in [0.15, 0.2) is 11.5 Å². The fourth-order valence-corrected chi connectivity index (χ4v) is 3.76. The van der Waals surface area contributed by atoms with Crippen LogP contribution in [0.4, 0.5) is 5.95 Å². The minimum Gasteiger partial charge on any atom is -0.493 e. The number of anilines is 1. The van der Waals surface area contributed by atoms with E-state index in [0.717, 1.165) is 49.1 Å². The molecule has 27 heavy (non-hydrogen) atoms. The van der Waals surface area contributed by atoms with Crippen LogP contribution in [0.3, 0.4) is 0 Å². The molecule has 7 nitrogen and oxygen atoms in total. The number of rotatable bonds is 3. The van der Waals surface area contributed by atoms with Gasteiger partial charge in [0, 0.05) is 38.6 Å². The number of carbonyl (C=O) groups is 1. The van der Waals surface area contributed by atoms with Crippen molar-refractivity contribution in [2.75, 3.05) is 44.8 Å². The summed E-state index contributed by atoms with van der Waals surface area (Å²) in [4.78, 5) is 25.8. The van der Waals surface area contributed by atoms with Crippen LogP contribution in [0, 0.1) is 5.92 Å². The average molecular weight is 368 g/mol. The molecule has 1 amide bonds. The molecule has 0 bridgehead atoms. The smallest absolute Gasteiger partial charge is 0.229 e. The Hall–Kier alpha value is -2.83. The van der Waals surface area contributed by atoms with Crippen molar-refractivity contribution in [3.8, 4) is 11.5 Å². The molecule has 0 radical (unpaired) electrons. The molecule has 0 unspecified atom stereocenters. The molecule has 2 aromatic rings. The van der Waals surface area contributed by atoms with Gasteiger partial charge in [-0.05, 0) is 30.5 Å². The highest BCUT2D eigenvalue weighted by atomic mass is 16.5. The number of methoxy groups -OCH3 is 1. The van der Waals surface area contributed by atoms with Crippen molar-refractivity contribution in [2.45, 2.75) is 12.8 Å². The maximum Gasteiger partial charge on any atom is 0.229 e. The summed E-state index contributed by atoms with van der Waals surface area (Å²) in [7, 11) is 1.63. The molecule has 1 saturated heterocycles. The number of carbonyl (C=O) groups excluding carboxylic acids is 1. The summed E-state index contributed by atoms with van der Waals surface area (Å²) in [5.41, 5.74) is 1.04. The van der Waals surface area contributed by atoms with Gasteiger partial charge in [0.25, 0.3) is 0 Å². The number of amides is 1. The first kappa shape index (κ1) is 17.6. The lowest BCUT2D eigenvalue weighted by Gasteiger charge is -2.30. The second kappa shape index (κ2) is 7.82. The van der Waals surface area contributed by atoms with E-state index in [-0.39, 0.29) is 11.8 Å². The minimum absolute atomic E-state index is 0.149. The molecule has 0 spiro atoms. The predicted octanol–water partition coefficient (Wildman–Crippen LogP) is 1.78. The number of hydrogen-bond acceptors (Lipinski definition) is 6. The first-order chi connectivity index (χ1) is 13.3. The third-order valence-corrected chi connectivity index (χ3v) is 5.17. The van der Waals surface area contributed by atoms with Gasteiger partial charge in [-0.25, -0.2) is 9.97 Å². The number of para-hydroxylation sites is 1. The summed E-state index contributed by atoms with van der Waals surface area (Å²) in [6.45, 7) is 3.43. The molecule has 1 aromatic heterocycles. The number of aromatic nitrogens is 2. The monoisotopic (exact) mass is 368 g/mol. The van der Waals surface area contributed by atoms with Crippen molar-refractivity contribution >= 4 is 11.9 Å². The van der Waals surface area contributed by atoms with E-state index in [2.05, 4.69) is 14.9 Å². The Labute approximate surface area is 158 Å². The van der Waals surface area contributed by atoms with E-state index in [0.29, 0.717) is 19.6 Å². The highest BCUT2D eigenvalue weighted by Gasteiger charge is 2.31. The number of benzene rings is 1. The third kappa shape index (κ3) is 3.67. The maximum absolute atomic E-state index is 13.1. The quantitative estimate of drug-likeness (QED) is 0.823. The standard InChI is InChI=1S/C20H24N4O3/c1-26-17-6-2-5-15-13-16(14-27-18(15)17)19(25)23-9-4-10-24(12-11-23)20-21-7-3-8-22-20/h2-3,5-8,16H,4,9-14H2,1H3/t16-/m1/s1. The van der Waals surface area contributed by atoms with Gasteiger partial charge in [-0.1, -0.05) is 12.1 Å². The second-order valence-corrected chi connectivity index (χ2v) is 6.88. The Balaban J connectivity index is 1.41. The molecule has 0 N–H and O–H groups in total. The van der Waals surface area contributed by atoms with Crippen molar-refractivity contribution in [1.82, 2.24) is 14.9 Å². The Bertz CT molecular complexity index is 799. The molecule has 7 heteroatoms. The Morgan fingerprint density at radius 1 is 1.15 bits per heavy atom. The lowest BCUT2D eigenvalue weighted by atomic mass is 9.95.